The van der Waals surface area contributed by atoms with Crippen LogP contribution in [0.4, 0.5) is 8.78 Å². The van der Waals surface area contributed by atoms with Crippen molar-refractivity contribution in [1.29, 1.82) is 0 Å². The Bertz CT molecular complexity index is 899. The van der Waals surface area contributed by atoms with E-state index in [1.807, 2.05) is 42.5 Å². The molecule has 3 aromatic rings. The highest BCUT2D eigenvalue weighted by Crippen LogP contribution is 2.26. The van der Waals surface area contributed by atoms with E-state index in [2.05, 4.69) is 9.98 Å². The zero-order valence-corrected chi connectivity index (χ0v) is 14.4. The average Bonchev–Trinajstić information content (AvgIpc) is 2.66. The van der Waals surface area contributed by atoms with E-state index in [1.54, 1.807) is 18.2 Å². The molecule has 2 N–H and O–H groups in total. The SMILES string of the molecule is CC(F)(F)c1ccc(CN=C(N)c2cccc(-c3ccccc3)n2)cc1. The minimum Gasteiger partial charge on any atom is -0.382 e. The van der Waals surface area contributed by atoms with E-state index >= 15 is 0 Å². The molecule has 0 radical (unpaired) electrons. The van der Waals surface area contributed by atoms with E-state index in [0.717, 1.165) is 23.7 Å². The topological polar surface area (TPSA) is 51.3 Å². The number of amidine groups is 1. The summed E-state index contributed by atoms with van der Waals surface area (Å²) in [7, 11) is 0. The highest BCUT2D eigenvalue weighted by Gasteiger charge is 2.23. The van der Waals surface area contributed by atoms with E-state index in [4.69, 9.17) is 5.73 Å². The third kappa shape index (κ3) is 4.30. The number of pyridine rings is 1. The van der Waals surface area contributed by atoms with Gasteiger partial charge in [-0.15, -0.1) is 0 Å². The van der Waals surface area contributed by atoms with Gasteiger partial charge in [0.15, 0.2) is 0 Å². The molecule has 26 heavy (non-hydrogen) atoms. The van der Waals surface area contributed by atoms with Crippen molar-refractivity contribution in [2.24, 2.45) is 10.7 Å². The van der Waals surface area contributed by atoms with Crippen molar-refractivity contribution in [2.45, 2.75) is 19.4 Å². The first-order chi connectivity index (χ1) is 12.4. The summed E-state index contributed by atoms with van der Waals surface area (Å²) in [4.78, 5) is 8.88. The second-order valence-corrected chi connectivity index (χ2v) is 6.06. The molecule has 0 atom stereocenters. The number of benzene rings is 2. The van der Waals surface area contributed by atoms with E-state index < -0.39 is 5.92 Å². The van der Waals surface area contributed by atoms with Crippen LogP contribution in [0.2, 0.25) is 0 Å². The smallest absolute Gasteiger partial charge is 0.270 e. The number of aliphatic imine (C=N–C) groups is 1. The molecule has 5 heteroatoms. The summed E-state index contributed by atoms with van der Waals surface area (Å²) in [6, 6.07) is 21.5. The summed E-state index contributed by atoms with van der Waals surface area (Å²) in [5.74, 6) is -2.53. The molecular formula is C21H19F2N3. The molecule has 0 aliphatic heterocycles. The summed E-state index contributed by atoms with van der Waals surface area (Å²) in [5.41, 5.74) is 9.24. The summed E-state index contributed by atoms with van der Waals surface area (Å²) in [5, 5.41) is 0. The van der Waals surface area contributed by atoms with Gasteiger partial charge in [0, 0.05) is 18.1 Å². The summed E-state index contributed by atoms with van der Waals surface area (Å²) in [6.45, 7) is 1.18. The Morgan fingerprint density at radius 3 is 2.31 bits per heavy atom. The van der Waals surface area contributed by atoms with Crippen molar-refractivity contribution in [3.8, 4) is 11.3 Å². The molecule has 2 aromatic carbocycles. The van der Waals surface area contributed by atoms with Gasteiger partial charge in [-0.25, -0.2) is 13.8 Å². The summed E-state index contributed by atoms with van der Waals surface area (Å²) >= 11 is 0. The molecule has 3 rings (SSSR count). The standard InChI is InChI=1S/C21H19F2N3/c1-21(22,23)17-12-10-15(11-13-17)14-25-20(24)19-9-5-8-18(26-19)16-6-3-2-4-7-16/h2-13H,14H2,1H3,(H2,24,25). The fourth-order valence-corrected chi connectivity index (χ4v) is 2.51. The number of hydrogen-bond acceptors (Lipinski definition) is 2. The van der Waals surface area contributed by atoms with Gasteiger partial charge in [-0.3, -0.25) is 4.99 Å². The van der Waals surface area contributed by atoms with Gasteiger partial charge < -0.3 is 5.73 Å². The fourth-order valence-electron chi connectivity index (χ4n) is 2.51. The molecular weight excluding hydrogens is 332 g/mol. The molecule has 0 amide bonds. The Morgan fingerprint density at radius 2 is 1.65 bits per heavy atom. The lowest BCUT2D eigenvalue weighted by atomic mass is 10.1. The van der Waals surface area contributed by atoms with Crippen LogP contribution in [0.25, 0.3) is 11.3 Å². The zero-order chi connectivity index (χ0) is 18.6. The first-order valence-corrected chi connectivity index (χ1v) is 8.23. The molecule has 1 heterocycles. The third-order valence-corrected chi connectivity index (χ3v) is 3.97. The maximum absolute atomic E-state index is 13.2. The van der Waals surface area contributed by atoms with Crippen molar-refractivity contribution >= 4 is 5.84 Å². The van der Waals surface area contributed by atoms with Crippen LogP contribution in [-0.2, 0) is 12.5 Å². The lowest BCUT2D eigenvalue weighted by Gasteiger charge is -2.10. The second kappa shape index (κ2) is 7.44. The molecule has 3 nitrogen and oxygen atoms in total. The Labute approximate surface area is 151 Å². The summed E-state index contributed by atoms with van der Waals surface area (Å²) in [6.07, 6.45) is 0. The largest absolute Gasteiger partial charge is 0.382 e. The quantitative estimate of drug-likeness (QED) is 0.532. The lowest BCUT2D eigenvalue weighted by molar-refractivity contribution is 0.0174. The van der Waals surface area contributed by atoms with Gasteiger partial charge in [-0.2, -0.15) is 0 Å². The van der Waals surface area contributed by atoms with Crippen LogP contribution < -0.4 is 5.73 Å². The van der Waals surface area contributed by atoms with Crippen LogP contribution in [0.15, 0.2) is 77.8 Å². The normalized spacial score (nSPS) is 12.2. The number of aromatic nitrogens is 1. The van der Waals surface area contributed by atoms with E-state index in [-0.39, 0.29) is 5.56 Å². The van der Waals surface area contributed by atoms with Crippen molar-refractivity contribution in [3.63, 3.8) is 0 Å². The Morgan fingerprint density at radius 1 is 0.962 bits per heavy atom. The molecule has 132 valence electrons. The zero-order valence-electron chi connectivity index (χ0n) is 14.4. The number of halogens is 2. The van der Waals surface area contributed by atoms with Crippen LogP contribution in [0, 0.1) is 0 Å². The molecule has 0 saturated heterocycles. The minimum absolute atomic E-state index is 0.0181. The first kappa shape index (κ1) is 17.7. The van der Waals surface area contributed by atoms with Crippen LogP contribution in [0.3, 0.4) is 0 Å². The molecule has 1 aromatic heterocycles. The highest BCUT2D eigenvalue weighted by atomic mass is 19.3. The van der Waals surface area contributed by atoms with Crippen LogP contribution in [0.5, 0.6) is 0 Å². The van der Waals surface area contributed by atoms with Crippen molar-refractivity contribution in [1.82, 2.24) is 4.98 Å². The van der Waals surface area contributed by atoms with E-state index in [0.29, 0.717) is 18.1 Å². The fraction of sp³-hybridized carbons (Fsp3) is 0.143. The predicted molar refractivity (Wildman–Crippen MR) is 100 cm³/mol. The van der Waals surface area contributed by atoms with Gasteiger partial charge in [-0.1, -0.05) is 60.7 Å². The van der Waals surface area contributed by atoms with Crippen LogP contribution in [0.1, 0.15) is 23.7 Å². The van der Waals surface area contributed by atoms with Crippen molar-refractivity contribution in [2.75, 3.05) is 0 Å². The van der Waals surface area contributed by atoms with E-state index in [1.165, 1.54) is 12.1 Å². The molecule has 0 aliphatic rings. The van der Waals surface area contributed by atoms with Gasteiger partial charge in [0.2, 0.25) is 0 Å². The predicted octanol–water partition coefficient (Wildman–Crippen LogP) is 4.77. The van der Waals surface area contributed by atoms with Crippen molar-refractivity contribution < 1.29 is 8.78 Å². The molecule has 0 saturated carbocycles. The molecule has 0 bridgehead atoms. The van der Waals surface area contributed by atoms with Gasteiger partial charge >= 0.3 is 0 Å². The van der Waals surface area contributed by atoms with Gasteiger partial charge in [-0.05, 0) is 17.7 Å². The molecule has 0 spiro atoms. The number of nitrogens with zero attached hydrogens (tertiary/aromatic N) is 2. The Balaban J connectivity index is 1.76. The minimum atomic E-state index is -2.84. The monoisotopic (exact) mass is 351 g/mol. The van der Waals surface area contributed by atoms with Gasteiger partial charge in [0.1, 0.15) is 11.5 Å². The number of nitrogens with two attached hydrogens (primary N) is 1. The van der Waals surface area contributed by atoms with Crippen LogP contribution in [-0.4, -0.2) is 10.8 Å². The first-order valence-electron chi connectivity index (χ1n) is 8.23. The van der Waals surface area contributed by atoms with E-state index in [9.17, 15) is 8.78 Å². The lowest BCUT2D eigenvalue weighted by Crippen LogP contribution is -2.15. The maximum atomic E-state index is 13.2. The molecule has 0 fully saturated rings. The maximum Gasteiger partial charge on any atom is 0.270 e. The Hall–Kier alpha value is -3.08. The molecule has 0 unspecified atom stereocenters. The van der Waals surface area contributed by atoms with Crippen molar-refractivity contribution in [3.05, 3.63) is 89.6 Å². The number of alkyl halides is 2. The number of hydrogen-bond donors (Lipinski definition) is 1. The van der Waals surface area contributed by atoms with Gasteiger partial charge in [0.05, 0.1) is 12.2 Å². The average molecular weight is 351 g/mol. The highest BCUT2D eigenvalue weighted by molar-refractivity contribution is 5.96. The third-order valence-electron chi connectivity index (χ3n) is 3.97. The van der Waals surface area contributed by atoms with Crippen LogP contribution >= 0.6 is 0 Å². The number of rotatable bonds is 5. The summed E-state index contributed by atoms with van der Waals surface area (Å²) < 4.78 is 26.5. The second-order valence-electron chi connectivity index (χ2n) is 6.06. The Kier molecular flexibility index (Phi) is 5.07. The molecule has 0 aliphatic carbocycles. The van der Waals surface area contributed by atoms with Gasteiger partial charge in [0.25, 0.3) is 5.92 Å².